The monoisotopic (exact) mass is 297 g/mol. The summed E-state index contributed by atoms with van der Waals surface area (Å²) in [6, 6.07) is 12.6. The molecule has 112 valence electrons. The second-order valence-corrected chi connectivity index (χ2v) is 5.44. The van der Waals surface area contributed by atoms with Crippen molar-refractivity contribution in [2.24, 2.45) is 0 Å². The van der Waals surface area contributed by atoms with Crippen molar-refractivity contribution < 1.29 is 14.3 Å². The molecule has 3 rings (SSSR count). The summed E-state index contributed by atoms with van der Waals surface area (Å²) in [6.45, 7) is 2.32. The number of fused-ring (bicyclic) bond motifs is 1. The number of nitrogens with zero attached hydrogens (tertiary/aromatic N) is 1. The van der Waals surface area contributed by atoms with Gasteiger partial charge in [-0.15, -0.1) is 0 Å². The van der Waals surface area contributed by atoms with E-state index in [-0.39, 0.29) is 12.2 Å². The van der Waals surface area contributed by atoms with Crippen LogP contribution in [0.1, 0.15) is 16.7 Å². The third kappa shape index (κ3) is 2.72. The van der Waals surface area contributed by atoms with Gasteiger partial charge < -0.3 is 9.67 Å². The predicted octanol–water partition coefficient (Wildman–Crippen LogP) is 3.76. The smallest absolute Gasteiger partial charge is 0.307 e. The van der Waals surface area contributed by atoms with Gasteiger partial charge in [0.25, 0.3) is 0 Å². The molecule has 3 aromatic rings. The fourth-order valence-corrected chi connectivity index (χ4v) is 2.69. The lowest BCUT2D eigenvalue weighted by atomic mass is 10.1. The third-order valence-electron chi connectivity index (χ3n) is 3.88. The van der Waals surface area contributed by atoms with Crippen molar-refractivity contribution in [2.45, 2.75) is 19.9 Å². The van der Waals surface area contributed by atoms with Crippen LogP contribution in [0.5, 0.6) is 0 Å². The molecule has 0 amide bonds. The molecule has 3 nitrogen and oxygen atoms in total. The van der Waals surface area contributed by atoms with E-state index in [1.54, 1.807) is 6.07 Å². The molecule has 0 bridgehead atoms. The Labute approximate surface area is 127 Å². The summed E-state index contributed by atoms with van der Waals surface area (Å²) >= 11 is 0. The average Bonchev–Trinajstić information content (AvgIpc) is 2.85. The van der Waals surface area contributed by atoms with E-state index in [0.29, 0.717) is 12.1 Å². The SMILES string of the molecule is Cc1cccc(F)c1Cn1ccc2ccc(CC(=O)O)cc21. The van der Waals surface area contributed by atoms with E-state index in [9.17, 15) is 9.18 Å². The first-order valence-corrected chi connectivity index (χ1v) is 7.08. The highest BCUT2D eigenvalue weighted by molar-refractivity contribution is 5.82. The summed E-state index contributed by atoms with van der Waals surface area (Å²) in [6.07, 6.45) is 1.89. The Hall–Kier alpha value is -2.62. The fourth-order valence-electron chi connectivity index (χ4n) is 2.69. The van der Waals surface area contributed by atoms with E-state index in [2.05, 4.69) is 0 Å². The van der Waals surface area contributed by atoms with Gasteiger partial charge in [-0.3, -0.25) is 4.79 Å². The van der Waals surface area contributed by atoms with Gasteiger partial charge in [-0.05, 0) is 41.6 Å². The van der Waals surface area contributed by atoms with Crippen LogP contribution >= 0.6 is 0 Å². The number of aromatic nitrogens is 1. The molecule has 4 heteroatoms. The molecule has 0 unspecified atom stereocenters. The number of carboxylic acid groups (broad SMARTS) is 1. The van der Waals surface area contributed by atoms with Crippen LogP contribution in [0.4, 0.5) is 4.39 Å². The van der Waals surface area contributed by atoms with E-state index in [1.165, 1.54) is 6.07 Å². The first-order valence-electron chi connectivity index (χ1n) is 7.08. The molecule has 0 aliphatic heterocycles. The van der Waals surface area contributed by atoms with Crippen LogP contribution in [0.25, 0.3) is 10.9 Å². The minimum absolute atomic E-state index is 0.0140. The largest absolute Gasteiger partial charge is 0.481 e. The fraction of sp³-hybridized carbons (Fsp3) is 0.167. The van der Waals surface area contributed by atoms with Gasteiger partial charge in [0.15, 0.2) is 0 Å². The Kier molecular flexibility index (Phi) is 3.67. The Morgan fingerprint density at radius 3 is 2.77 bits per heavy atom. The minimum atomic E-state index is -0.859. The number of aliphatic carboxylic acids is 1. The Morgan fingerprint density at radius 2 is 2.05 bits per heavy atom. The lowest BCUT2D eigenvalue weighted by Gasteiger charge is -2.10. The van der Waals surface area contributed by atoms with Crippen LogP contribution in [0.2, 0.25) is 0 Å². The molecule has 0 radical (unpaired) electrons. The zero-order valence-electron chi connectivity index (χ0n) is 12.2. The topological polar surface area (TPSA) is 42.2 Å². The van der Waals surface area contributed by atoms with Crippen molar-refractivity contribution in [3.8, 4) is 0 Å². The number of hydrogen-bond acceptors (Lipinski definition) is 1. The van der Waals surface area contributed by atoms with Gasteiger partial charge in [0.05, 0.1) is 13.0 Å². The zero-order valence-corrected chi connectivity index (χ0v) is 12.2. The summed E-state index contributed by atoms with van der Waals surface area (Å²) in [5.74, 6) is -1.08. The van der Waals surface area contributed by atoms with Crippen LogP contribution in [-0.2, 0) is 17.8 Å². The van der Waals surface area contributed by atoms with Gasteiger partial charge in [-0.25, -0.2) is 4.39 Å². The van der Waals surface area contributed by atoms with E-state index in [0.717, 1.165) is 22.0 Å². The minimum Gasteiger partial charge on any atom is -0.481 e. The van der Waals surface area contributed by atoms with Gasteiger partial charge in [-0.1, -0.05) is 24.3 Å². The predicted molar refractivity (Wildman–Crippen MR) is 83.5 cm³/mol. The average molecular weight is 297 g/mol. The van der Waals surface area contributed by atoms with Gasteiger partial charge in [0.1, 0.15) is 5.82 Å². The van der Waals surface area contributed by atoms with Crippen LogP contribution in [0.3, 0.4) is 0 Å². The van der Waals surface area contributed by atoms with Crippen molar-refractivity contribution in [1.29, 1.82) is 0 Å². The molecule has 0 saturated heterocycles. The van der Waals surface area contributed by atoms with Gasteiger partial charge in [0.2, 0.25) is 0 Å². The highest BCUT2D eigenvalue weighted by Gasteiger charge is 2.09. The molecule has 0 aliphatic rings. The normalized spacial score (nSPS) is 11.0. The molecule has 0 aliphatic carbocycles. The molecule has 1 heterocycles. The molecule has 22 heavy (non-hydrogen) atoms. The second kappa shape index (κ2) is 5.64. The van der Waals surface area contributed by atoms with E-state index in [1.807, 2.05) is 48.0 Å². The van der Waals surface area contributed by atoms with Gasteiger partial charge >= 0.3 is 5.97 Å². The van der Waals surface area contributed by atoms with Crippen LogP contribution < -0.4 is 0 Å². The number of carboxylic acids is 1. The Balaban J connectivity index is 2.02. The quantitative estimate of drug-likeness (QED) is 0.796. The zero-order chi connectivity index (χ0) is 15.7. The van der Waals surface area contributed by atoms with Crippen molar-refractivity contribution >= 4 is 16.9 Å². The number of rotatable bonds is 4. The third-order valence-corrected chi connectivity index (χ3v) is 3.88. The maximum Gasteiger partial charge on any atom is 0.307 e. The van der Waals surface area contributed by atoms with Gasteiger partial charge in [0, 0.05) is 17.3 Å². The van der Waals surface area contributed by atoms with E-state index in [4.69, 9.17) is 5.11 Å². The summed E-state index contributed by atoms with van der Waals surface area (Å²) in [7, 11) is 0. The summed E-state index contributed by atoms with van der Waals surface area (Å²) in [4.78, 5) is 10.9. The summed E-state index contributed by atoms with van der Waals surface area (Å²) in [5, 5.41) is 9.93. The molecule has 0 spiro atoms. The van der Waals surface area contributed by atoms with Crippen molar-refractivity contribution in [1.82, 2.24) is 4.57 Å². The van der Waals surface area contributed by atoms with Gasteiger partial charge in [-0.2, -0.15) is 0 Å². The van der Waals surface area contributed by atoms with E-state index < -0.39 is 5.97 Å². The highest BCUT2D eigenvalue weighted by atomic mass is 19.1. The number of halogens is 1. The second-order valence-electron chi connectivity index (χ2n) is 5.44. The van der Waals surface area contributed by atoms with Crippen molar-refractivity contribution in [2.75, 3.05) is 0 Å². The molecule has 0 saturated carbocycles. The first-order chi connectivity index (χ1) is 10.5. The molecular formula is C18H16FNO2. The highest BCUT2D eigenvalue weighted by Crippen LogP contribution is 2.21. The molecule has 1 N–H and O–H groups in total. The first kappa shape index (κ1) is 14.3. The summed E-state index contributed by atoms with van der Waals surface area (Å²) in [5.41, 5.74) is 3.22. The number of hydrogen-bond donors (Lipinski definition) is 1. The van der Waals surface area contributed by atoms with Crippen molar-refractivity contribution in [3.05, 3.63) is 71.2 Å². The molecule has 0 atom stereocenters. The van der Waals surface area contributed by atoms with Crippen LogP contribution in [-0.4, -0.2) is 15.6 Å². The molecule has 0 fully saturated rings. The lowest BCUT2D eigenvalue weighted by Crippen LogP contribution is -2.04. The number of benzene rings is 2. The molecule has 1 aromatic heterocycles. The summed E-state index contributed by atoms with van der Waals surface area (Å²) < 4.78 is 16.0. The number of carbonyl (C=O) groups is 1. The maximum absolute atomic E-state index is 14.0. The maximum atomic E-state index is 14.0. The number of aryl methyl sites for hydroxylation is 1. The lowest BCUT2D eigenvalue weighted by molar-refractivity contribution is -0.136. The van der Waals surface area contributed by atoms with E-state index >= 15 is 0 Å². The molecule has 2 aromatic carbocycles. The van der Waals surface area contributed by atoms with Crippen LogP contribution in [0, 0.1) is 12.7 Å². The van der Waals surface area contributed by atoms with Crippen molar-refractivity contribution in [3.63, 3.8) is 0 Å². The van der Waals surface area contributed by atoms with Crippen LogP contribution in [0.15, 0.2) is 48.7 Å². The Morgan fingerprint density at radius 1 is 1.23 bits per heavy atom. The molecular weight excluding hydrogens is 281 g/mol. The Bertz CT molecular complexity index is 831. The standard InChI is InChI=1S/C18H16FNO2/c1-12-3-2-4-16(19)15(12)11-20-8-7-14-6-5-13(9-17(14)20)10-18(21)22/h2-9H,10-11H2,1H3,(H,21,22).